The lowest BCUT2D eigenvalue weighted by Crippen LogP contribution is -2.43. The molecule has 2 N–H and O–H groups in total. The van der Waals surface area contributed by atoms with Crippen molar-refractivity contribution >= 4 is 34.9 Å². The highest BCUT2D eigenvalue weighted by Crippen LogP contribution is 2.39. The Morgan fingerprint density at radius 3 is 2.33 bits per heavy atom. The van der Waals surface area contributed by atoms with Crippen LogP contribution in [0, 0.1) is 11.7 Å². The van der Waals surface area contributed by atoms with E-state index in [0.29, 0.717) is 23.5 Å². The summed E-state index contributed by atoms with van der Waals surface area (Å²) in [6.45, 7) is 7.16. The molecule has 8 heteroatoms. The molecule has 2 aromatic rings. The van der Waals surface area contributed by atoms with Gasteiger partial charge in [-0.1, -0.05) is 38.3 Å². The molecule has 0 spiro atoms. The summed E-state index contributed by atoms with van der Waals surface area (Å²) in [5, 5.41) is 7.31. The number of benzene rings is 1. The van der Waals surface area contributed by atoms with Gasteiger partial charge in [-0.05, 0) is 74.4 Å². The lowest BCUT2D eigenvalue weighted by Gasteiger charge is -2.38. The molecule has 3 heterocycles. The van der Waals surface area contributed by atoms with E-state index in [1.54, 1.807) is 12.1 Å². The van der Waals surface area contributed by atoms with E-state index in [2.05, 4.69) is 33.4 Å². The van der Waals surface area contributed by atoms with E-state index in [1.807, 2.05) is 12.1 Å². The maximum absolute atomic E-state index is 13.6. The van der Waals surface area contributed by atoms with Crippen LogP contribution in [0.2, 0.25) is 0 Å². The molecule has 1 unspecified atom stereocenters. The third kappa shape index (κ3) is 5.90. The molecule has 36 heavy (non-hydrogen) atoms. The van der Waals surface area contributed by atoms with E-state index >= 15 is 0 Å². The van der Waals surface area contributed by atoms with Crippen molar-refractivity contribution in [3.8, 4) is 0 Å². The van der Waals surface area contributed by atoms with Crippen molar-refractivity contribution in [2.24, 2.45) is 5.92 Å². The first-order chi connectivity index (χ1) is 17.5. The standard InChI is InChI=1S/C28H39FN6S/c1-21-8-7-17-35(19-21)25-18-24(34-15-5-6-16-34)31-26(32-25)33-27(36)30-20-28(13-3-2-4-14-28)22-9-11-23(29)12-10-22/h9-12,18,21H,2-8,13-17,19-20H2,1H3,(H2,30,31,32,33,36). The van der Waals surface area contributed by atoms with Crippen LogP contribution in [0.3, 0.4) is 0 Å². The lowest BCUT2D eigenvalue weighted by atomic mass is 9.69. The SMILES string of the molecule is CC1CCCN(c2cc(N3CCCC3)nc(NC(=S)NCC3(c4ccc(F)cc4)CCCCC3)n2)C1. The number of rotatable bonds is 6. The first kappa shape index (κ1) is 25.2. The molecule has 2 saturated heterocycles. The summed E-state index contributed by atoms with van der Waals surface area (Å²) in [6.07, 6.45) is 10.6. The molecule has 194 valence electrons. The molecular formula is C28H39FN6S. The first-order valence-corrected chi connectivity index (χ1v) is 14.1. The predicted molar refractivity (Wildman–Crippen MR) is 149 cm³/mol. The van der Waals surface area contributed by atoms with E-state index in [1.165, 1.54) is 50.5 Å². The van der Waals surface area contributed by atoms with Gasteiger partial charge in [0.1, 0.15) is 17.5 Å². The molecule has 1 aliphatic carbocycles. The first-order valence-electron chi connectivity index (χ1n) is 13.7. The van der Waals surface area contributed by atoms with Crippen molar-refractivity contribution < 1.29 is 4.39 Å². The fourth-order valence-electron chi connectivity index (χ4n) is 6.14. The Morgan fingerprint density at radius 2 is 1.64 bits per heavy atom. The van der Waals surface area contributed by atoms with Crippen LogP contribution in [0.15, 0.2) is 30.3 Å². The molecule has 0 bridgehead atoms. The van der Waals surface area contributed by atoms with Gasteiger partial charge in [0.15, 0.2) is 5.11 Å². The minimum atomic E-state index is -0.191. The fourth-order valence-corrected chi connectivity index (χ4v) is 6.30. The Hall–Kier alpha value is -2.48. The van der Waals surface area contributed by atoms with Gasteiger partial charge in [-0.15, -0.1) is 0 Å². The minimum absolute atomic E-state index is 0.0367. The third-order valence-corrected chi connectivity index (χ3v) is 8.44. The molecule has 1 aromatic carbocycles. The molecule has 1 saturated carbocycles. The quantitative estimate of drug-likeness (QED) is 0.488. The van der Waals surface area contributed by atoms with Crippen LogP contribution in [0.1, 0.15) is 70.3 Å². The Balaban J connectivity index is 1.31. The van der Waals surface area contributed by atoms with Gasteiger partial charge in [0.25, 0.3) is 0 Å². The average molecular weight is 511 g/mol. The second kappa shape index (κ2) is 11.3. The largest absolute Gasteiger partial charge is 0.361 e. The van der Waals surface area contributed by atoms with Gasteiger partial charge >= 0.3 is 0 Å². The van der Waals surface area contributed by atoms with Crippen LogP contribution in [0.25, 0.3) is 0 Å². The summed E-state index contributed by atoms with van der Waals surface area (Å²) in [4.78, 5) is 14.5. The van der Waals surface area contributed by atoms with Crippen molar-refractivity contribution in [1.82, 2.24) is 15.3 Å². The highest BCUT2D eigenvalue weighted by atomic mass is 32.1. The van der Waals surface area contributed by atoms with Crippen molar-refractivity contribution in [3.63, 3.8) is 0 Å². The summed E-state index contributed by atoms with van der Waals surface area (Å²) in [7, 11) is 0. The molecule has 0 radical (unpaired) electrons. The van der Waals surface area contributed by atoms with E-state index in [0.717, 1.165) is 50.7 Å². The van der Waals surface area contributed by atoms with Crippen LogP contribution < -0.4 is 20.4 Å². The van der Waals surface area contributed by atoms with Gasteiger partial charge in [-0.25, -0.2) is 4.39 Å². The molecule has 1 atom stereocenters. The maximum atomic E-state index is 13.6. The summed E-state index contributed by atoms with van der Waals surface area (Å²) in [6, 6.07) is 9.17. The van der Waals surface area contributed by atoms with Gasteiger partial charge in [0, 0.05) is 44.2 Å². The van der Waals surface area contributed by atoms with Gasteiger partial charge in [-0.2, -0.15) is 9.97 Å². The number of nitrogens with one attached hydrogen (secondary N) is 2. The molecule has 1 aromatic heterocycles. The number of halogens is 1. The van der Waals surface area contributed by atoms with Gasteiger partial charge in [0.2, 0.25) is 5.95 Å². The Kier molecular flexibility index (Phi) is 7.89. The Labute approximate surface area is 220 Å². The summed E-state index contributed by atoms with van der Waals surface area (Å²) in [5.74, 6) is 3.00. The van der Waals surface area contributed by atoms with Gasteiger partial charge in [-0.3, -0.25) is 0 Å². The molecule has 3 aliphatic rings. The number of piperidine rings is 1. The summed E-state index contributed by atoms with van der Waals surface area (Å²) >= 11 is 5.73. The zero-order valence-electron chi connectivity index (χ0n) is 21.4. The number of aromatic nitrogens is 2. The van der Waals surface area contributed by atoms with Crippen LogP contribution in [0.4, 0.5) is 22.0 Å². The number of thiocarbonyl (C=S) groups is 1. The second-order valence-corrected chi connectivity index (χ2v) is 11.4. The van der Waals surface area contributed by atoms with Crippen molar-refractivity contribution in [2.75, 3.05) is 47.8 Å². The number of hydrogen-bond donors (Lipinski definition) is 2. The number of anilines is 3. The van der Waals surface area contributed by atoms with Crippen LogP contribution >= 0.6 is 12.2 Å². The number of hydrogen-bond acceptors (Lipinski definition) is 5. The molecule has 0 amide bonds. The summed E-state index contributed by atoms with van der Waals surface area (Å²) in [5.41, 5.74) is 1.15. The Bertz CT molecular complexity index is 1030. The smallest absolute Gasteiger partial charge is 0.232 e. The molecule has 5 rings (SSSR count). The number of nitrogens with zero attached hydrogens (tertiary/aromatic N) is 4. The lowest BCUT2D eigenvalue weighted by molar-refractivity contribution is 0.292. The van der Waals surface area contributed by atoms with Crippen LogP contribution in [-0.2, 0) is 5.41 Å². The molecular weight excluding hydrogens is 471 g/mol. The maximum Gasteiger partial charge on any atom is 0.232 e. The molecule has 6 nitrogen and oxygen atoms in total. The monoisotopic (exact) mass is 510 g/mol. The topological polar surface area (TPSA) is 56.3 Å². The Morgan fingerprint density at radius 1 is 0.972 bits per heavy atom. The van der Waals surface area contributed by atoms with Crippen LogP contribution in [0.5, 0.6) is 0 Å². The summed E-state index contributed by atoms with van der Waals surface area (Å²) < 4.78 is 13.6. The molecule has 2 aliphatic heterocycles. The van der Waals surface area contributed by atoms with Crippen molar-refractivity contribution in [3.05, 3.63) is 41.7 Å². The molecule has 3 fully saturated rings. The fraction of sp³-hybridized carbons (Fsp3) is 0.607. The zero-order chi connectivity index (χ0) is 25.0. The van der Waals surface area contributed by atoms with Crippen molar-refractivity contribution in [2.45, 2.75) is 70.1 Å². The minimum Gasteiger partial charge on any atom is -0.361 e. The highest BCUT2D eigenvalue weighted by molar-refractivity contribution is 7.80. The predicted octanol–water partition coefficient (Wildman–Crippen LogP) is 5.64. The zero-order valence-corrected chi connectivity index (χ0v) is 22.3. The highest BCUT2D eigenvalue weighted by Gasteiger charge is 2.34. The average Bonchev–Trinajstić information content (AvgIpc) is 3.44. The normalized spacial score (nSPS) is 21.9. The van der Waals surface area contributed by atoms with Crippen molar-refractivity contribution in [1.29, 1.82) is 0 Å². The van der Waals surface area contributed by atoms with E-state index in [9.17, 15) is 4.39 Å². The van der Waals surface area contributed by atoms with Crippen LogP contribution in [-0.4, -0.2) is 47.8 Å². The van der Waals surface area contributed by atoms with Gasteiger partial charge in [0.05, 0.1) is 0 Å². The van der Waals surface area contributed by atoms with E-state index < -0.39 is 0 Å². The van der Waals surface area contributed by atoms with Gasteiger partial charge < -0.3 is 20.4 Å². The van der Waals surface area contributed by atoms with E-state index in [-0.39, 0.29) is 11.2 Å². The van der Waals surface area contributed by atoms with E-state index in [4.69, 9.17) is 22.2 Å². The second-order valence-electron chi connectivity index (χ2n) is 11.0. The third-order valence-electron chi connectivity index (χ3n) is 8.19.